The van der Waals surface area contributed by atoms with E-state index in [2.05, 4.69) is 26.0 Å². The maximum atomic E-state index is 12.7. The predicted octanol–water partition coefficient (Wildman–Crippen LogP) is 9.56. The van der Waals surface area contributed by atoms with Crippen LogP contribution in [-0.2, 0) is 28.5 Å². The number of ether oxygens (including phenoxy) is 4. The summed E-state index contributed by atoms with van der Waals surface area (Å²) in [6.07, 6.45) is 30.8. The lowest BCUT2D eigenvalue weighted by molar-refractivity contribution is -0.305. The van der Waals surface area contributed by atoms with Gasteiger partial charge in [-0.2, -0.15) is 0 Å². The number of rotatable bonds is 38. The van der Waals surface area contributed by atoms with Crippen LogP contribution in [0.1, 0.15) is 206 Å². The van der Waals surface area contributed by atoms with E-state index in [-0.39, 0.29) is 32.0 Å². The van der Waals surface area contributed by atoms with E-state index in [4.69, 9.17) is 18.9 Å². The SMILES string of the molecule is CCCCCCCC/C=C/CCCCCC(=O)O[C@@H](COC(=O)CCCCCCCCCCCCCCCCCCC)CO[C@H]1O[C@@H](CO)[C@@H](O)C(O)C1O. The van der Waals surface area contributed by atoms with E-state index >= 15 is 0 Å². The molecule has 1 aliphatic rings. The molecular formula is C45H84O10. The fraction of sp³-hybridized carbons (Fsp3) is 0.911. The molecule has 1 aliphatic heterocycles. The minimum atomic E-state index is -1.59. The molecule has 324 valence electrons. The highest BCUT2D eigenvalue weighted by molar-refractivity contribution is 5.70. The standard InChI is InChI=1S/C45H84O10/c1-3-5-7-9-11-13-15-17-18-19-20-22-23-25-27-29-31-33-40(47)52-36-38(37-53-45-44(51)43(50)42(49)39(35-46)55-45)54-41(48)34-32-30-28-26-24-21-16-14-12-10-8-6-4-2/h21,24,38-39,42-46,49-51H,3-20,22-23,25-37H2,1-2H3/b24-21+/t38-,39-,42+,43?,44?,45-/m0/s1. The average Bonchev–Trinajstić information content (AvgIpc) is 3.18. The molecule has 0 radical (unpaired) electrons. The van der Waals surface area contributed by atoms with Gasteiger partial charge in [0, 0.05) is 12.8 Å². The Morgan fingerprint density at radius 3 is 1.44 bits per heavy atom. The molecule has 1 saturated heterocycles. The Kier molecular flexibility index (Phi) is 34.4. The molecule has 0 saturated carbocycles. The molecular weight excluding hydrogens is 700 g/mol. The first kappa shape index (κ1) is 51.5. The smallest absolute Gasteiger partial charge is 0.306 e. The second-order valence-electron chi connectivity index (χ2n) is 15.9. The van der Waals surface area contributed by atoms with Crippen molar-refractivity contribution in [3.63, 3.8) is 0 Å². The van der Waals surface area contributed by atoms with Gasteiger partial charge in [0.05, 0.1) is 13.2 Å². The zero-order chi connectivity index (χ0) is 40.2. The predicted molar refractivity (Wildman–Crippen MR) is 220 cm³/mol. The Bertz CT molecular complexity index is 912. The van der Waals surface area contributed by atoms with E-state index < -0.39 is 49.4 Å². The molecule has 0 bridgehead atoms. The fourth-order valence-corrected chi connectivity index (χ4v) is 7.01. The Labute approximate surface area is 335 Å². The highest BCUT2D eigenvalue weighted by Crippen LogP contribution is 2.23. The van der Waals surface area contributed by atoms with E-state index in [1.807, 2.05) is 0 Å². The fourth-order valence-electron chi connectivity index (χ4n) is 7.01. The van der Waals surface area contributed by atoms with Gasteiger partial charge < -0.3 is 39.4 Å². The molecule has 0 aromatic rings. The van der Waals surface area contributed by atoms with Gasteiger partial charge in [0.25, 0.3) is 0 Å². The van der Waals surface area contributed by atoms with Gasteiger partial charge in [-0.05, 0) is 38.5 Å². The van der Waals surface area contributed by atoms with Gasteiger partial charge in [-0.25, -0.2) is 0 Å². The molecule has 0 aromatic heterocycles. The van der Waals surface area contributed by atoms with Crippen molar-refractivity contribution < 1.29 is 49.0 Å². The molecule has 6 atom stereocenters. The third-order valence-electron chi connectivity index (χ3n) is 10.7. The first-order chi connectivity index (χ1) is 26.8. The number of aliphatic hydroxyl groups excluding tert-OH is 4. The van der Waals surface area contributed by atoms with Gasteiger partial charge in [0.2, 0.25) is 0 Å². The molecule has 10 nitrogen and oxygen atoms in total. The molecule has 55 heavy (non-hydrogen) atoms. The molecule has 0 aromatic carbocycles. The summed E-state index contributed by atoms with van der Waals surface area (Å²) in [5.74, 6) is -0.815. The number of hydrogen-bond donors (Lipinski definition) is 4. The van der Waals surface area contributed by atoms with E-state index in [0.717, 1.165) is 44.9 Å². The molecule has 1 rings (SSSR count). The normalized spacial score (nSPS) is 20.6. The van der Waals surface area contributed by atoms with Gasteiger partial charge in [0.15, 0.2) is 12.4 Å². The van der Waals surface area contributed by atoms with Gasteiger partial charge in [-0.3, -0.25) is 9.59 Å². The van der Waals surface area contributed by atoms with Crippen LogP contribution in [0.2, 0.25) is 0 Å². The van der Waals surface area contributed by atoms with Crippen molar-refractivity contribution in [1.29, 1.82) is 0 Å². The number of carbonyl (C=O) groups excluding carboxylic acids is 2. The molecule has 4 N–H and O–H groups in total. The van der Waals surface area contributed by atoms with Gasteiger partial charge in [-0.15, -0.1) is 0 Å². The number of esters is 2. The molecule has 0 aliphatic carbocycles. The zero-order valence-corrected chi connectivity index (χ0v) is 35.2. The molecule has 2 unspecified atom stereocenters. The van der Waals surface area contributed by atoms with Crippen molar-refractivity contribution in [2.24, 2.45) is 0 Å². The van der Waals surface area contributed by atoms with Crippen molar-refractivity contribution in [1.82, 2.24) is 0 Å². The third kappa shape index (κ3) is 28.5. The molecule has 1 heterocycles. The minimum Gasteiger partial charge on any atom is -0.462 e. The average molecular weight is 785 g/mol. The van der Waals surface area contributed by atoms with Gasteiger partial charge in [-0.1, -0.05) is 167 Å². The summed E-state index contributed by atoms with van der Waals surface area (Å²) in [6.45, 7) is 3.42. The highest BCUT2D eigenvalue weighted by atomic mass is 16.7. The van der Waals surface area contributed by atoms with E-state index in [9.17, 15) is 30.0 Å². The van der Waals surface area contributed by atoms with Crippen LogP contribution >= 0.6 is 0 Å². The van der Waals surface area contributed by atoms with Crippen LogP contribution in [0.3, 0.4) is 0 Å². The quantitative estimate of drug-likeness (QED) is 0.0271. The number of hydrogen-bond acceptors (Lipinski definition) is 10. The van der Waals surface area contributed by atoms with E-state index in [1.165, 1.54) is 128 Å². The molecule has 0 amide bonds. The van der Waals surface area contributed by atoms with Crippen molar-refractivity contribution in [3.8, 4) is 0 Å². The Morgan fingerprint density at radius 2 is 0.964 bits per heavy atom. The second-order valence-corrected chi connectivity index (χ2v) is 15.9. The maximum Gasteiger partial charge on any atom is 0.306 e. The van der Waals surface area contributed by atoms with Crippen LogP contribution < -0.4 is 0 Å². The summed E-state index contributed by atoms with van der Waals surface area (Å²) in [4.78, 5) is 25.3. The summed E-state index contributed by atoms with van der Waals surface area (Å²) in [5.41, 5.74) is 0. The Hall–Kier alpha value is -1.56. The lowest BCUT2D eigenvalue weighted by Crippen LogP contribution is -2.59. The second kappa shape index (κ2) is 36.8. The summed E-state index contributed by atoms with van der Waals surface area (Å²) in [7, 11) is 0. The molecule has 0 spiro atoms. The van der Waals surface area contributed by atoms with Crippen molar-refractivity contribution >= 4 is 11.9 Å². The first-order valence-corrected chi connectivity index (χ1v) is 22.8. The van der Waals surface area contributed by atoms with Crippen LogP contribution in [-0.4, -0.2) is 89.0 Å². The van der Waals surface area contributed by atoms with Crippen LogP contribution in [0.25, 0.3) is 0 Å². The number of allylic oxidation sites excluding steroid dienone is 2. The van der Waals surface area contributed by atoms with Crippen LogP contribution in [0.4, 0.5) is 0 Å². The summed E-state index contributed by atoms with van der Waals surface area (Å²) in [6, 6.07) is 0. The topological polar surface area (TPSA) is 152 Å². The monoisotopic (exact) mass is 785 g/mol. The summed E-state index contributed by atoms with van der Waals surface area (Å²) in [5, 5.41) is 40.0. The Morgan fingerprint density at radius 1 is 0.545 bits per heavy atom. The highest BCUT2D eigenvalue weighted by Gasteiger charge is 2.44. The maximum absolute atomic E-state index is 12.7. The lowest BCUT2D eigenvalue weighted by Gasteiger charge is -2.39. The zero-order valence-electron chi connectivity index (χ0n) is 35.2. The van der Waals surface area contributed by atoms with E-state index in [1.54, 1.807) is 0 Å². The van der Waals surface area contributed by atoms with Crippen LogP contribution in [0.5, 0.6) is 0 Å². The van der Waals surface area contributed by atoms with Crippen molar-refractivity contribution in [2.75, 3.05) is 19.8 Å². The Balaban J connectivity index is 2.31. The number of carbonyl (C=O) groups is 2. The number of unbranched alkanes of at least 4 members (excludes halogenated alkanes) is 25. The summed E-state index contributed by atoms with van der Waals surface area (Å²) < 4.78 is 22.1. The van der Waals surface area contributed by atoms with Crippen molar-refractivity contribution in [2.45, 2.75) is 243 Å². The molecule has 1 fully saturated rings. The largest absolute Gasteiger partial charge is 0.462 e. The van der Waals surface area contributed by atoms with E-state index in [0.29, 0.717) is 6.42 Å². The van der Waals surface area contributed by atoms with Gasteiger partial charge in [0.1, 0.15) is 31.0 Å². The molecule has 10 heteroatoms. The van der Waals surface area contributed by atoms with Crippen LogP contribution in [0.15, 0.2) is 12.2 Å². The summed E-state index contributed by atoms with van der Waals surface area (Å²) >= 11 is 0. The minimum absolute atomic E-state index is 0.214. The van der Waals surface area contributed by atoms with Crippen LogP contribution in [0, 0.1) is 0 Å². The third-order valence-corrected chi connectivity index (χ3v) is 10.7. The van der Waals surface area contributed by atoms with Crippen molar-refractivity contribution in [3.05, 3.63) is 12.2 Å². The number of aliphatic hydroxyl groups is 4. The van der Waals surface area contributed by atoms with Gasteiger partial charge >= 0.3 is 11.9 Å². The first-order valence-electron chi connectivity index (χ1n) is 22.8. The lowest BCUT2D eigenvalue weighted by atomic mass is 9.99.